The fourth-order valence-corrected chi connectivity index (χ4v) is 2.77. The Balaban J connectivity index is 2.65. The Morgan fingerprint density at radius 2 is 1.78 bits per heavy atom. The van der Waals surface area contributed by atoms with Gasteiger partial charge in [-0.2, -0.15) is 13.2 Å². The zero-order valence-electron chi connectivity index (χ0n) is 12.9. The minimum Gasteiger partial charge on any atom is -0.366 e. The summed E-state index contributed by atoms with van der Waals surface area (Å²) < 4.78 is 39.9. The van der Waals surface area contributed by atoms with Gasteiger partial charge in [0.25, 0.3) is 5.91 Å². The smallest absolute Gasteiger partial charge is 0.366 e. The Kier molecular flexibility index (Phi) is 4.36. The molecular formula is C17H17F3N2O. The van der Waals surface area contributed by atoms with Gasteiger partial charge in [-0.05, 0) is 31.5 Å². The Morgan fingerprint density at radius 1 is 1.22 bits per heavy atom. The molecule has 6 heteroatoms. The minimum absolute atomic E-state index is 0.323. The largest absolute Gasteiger partial charge is 0.416 e. The number of nitrogens with two attached hydrogens (primary N) is 1. The van der Waals surface area contributed by atoms with Crippen LogP contribution in [0.5, 0.6) is 0 Å². The molecule has 2 aromatic rings. The zero-order valence-corrected chi connectivity index (χ0v) is 12.9. The molecule has 1 amide bonds. The van der Waals surface area contributed by atoms with Gasteiger partial charge >= 0.3 is 6.18 Å². The molecule has 1 aromatic heterocycles. The predicted octanol–water partition coefficient (Wildman–Crippen LogP) is 4.08. The third-order valence-corrected chi connectivity index (χ3v) is 3.84. The van der Waals surface area contributed by atoms with E-state index >= 15 is 0 Å². The third-order valence-electron chi connectivity index (χ3n) is 3.84. The number of amides is 1. The third kappa shape index (κ3) is 3.02. The molecule has 3 nitrogen and oxygen atoms in total. The Morgan fingerprint density at radius 3 is 2.22 bits per heavy atom. The van der Waals surface area contributed by atoms with Crippen molar-refractivity contribution in [2.45, 2.75) is 26.6 Å². The van der Waals surface area contributed by atoms with Gasteiger partial charge in [-0.3, -0.25) is 4.79 Å². The molecule has 23 heavy (non-hydrogen) atoms. The lowest BCUT2D eigenvalue weighted by Gasteiger charge is -2.09. The quantitative estimate of drug-likeness (QED) is 0.847. The van der Waals surface area contributed by atoms with Crippen molar-refractivity contribution in [3.05, 3.63) is 59.4 Å². The molecule has 1 heterocycles. The van der Waals surface area contributed by atoms with Crippen LogP contribution in [-0.4, -0.2) is 10.5 Å². The molecule has 1 aromatic carbocycles. The lowest BCUT2D eigenvalue weighted by Crippen LogP contribution is -2.13. The van der Waals surface area contributed by atoms with Crippen molar-refractivity contribution in [3.8, 4) is 11.1 Å². The van der Waals surface area contributed by atoms with E-state index < -0.39 is 17.6 Å². The van der Waals surface area contributed by atoms with E-state index in [1.54, 1.807) is 19.9 Å². The van der Waals surface area contributed by atoms with Crippen LogP contribution in [0.15, 0.2) is 36.9 Å². The first-order valence-corrected chi connectivity index (χ1v) is 6.96. The molecule has 2 rings (SSSR count). The van der Waals surface area contributed by atoms with Crippen LogP contribution in [0.3, 0.4) is 0 Å². The Labute approximate surface area is 132 Å². The van der Waals surface area contributed by atoms with Crippen LogP contribution in [0.25, 0.3) is 11.1 Å². The molecule has 0 spiro atoms. The van der Waals surface area contributed by atoms with E-state index in [4.69, 9.17) is 5.73 Å². The monoisotopic (exact) mass is 322 g/mol. The van der Waals surface area contributed by atoms with Crippen LogP contribution >= 0.6 is 0 Å². The van der Waals surface area contributed by atoms with E-state index in [9.17, 15) is 18.0 Å². The second kappa shape index (κ2) is 5.95. The molecule has 0 fully saturated rings. The number of carbonyl (C=O) groups is 1. The summed E-state index contributed by atoms with van der Waals surface area (Å²) in [5.74, 6) is -0.608. The maximum atomic E-state index is 12.7. The van der Waals surface area contributed by atoms with Crippen LogP contribution in [0.1, 0.15) is 27.3 Å². The number of rotatable bonds is 4. The SMILES string of the molecule is C=CCn1c(C)c(C(N)=O)c(-c2ccc(C(F)(F)F)cc2)c1C. The van der Waals surface area contributed by atoms with Crippen molar-refractivity contribution in [2.75, 3.05) is 0 Å². The molecule has 0 unspecified atom stereocenters. The van der Waals surface area contributed by atoms with Gasteiger partial charge in [-0.1, -0.05) is 18.2 Å². The van der Waals surface area contributed by atoms with Gasteiger partial charge in [0.05, 0.1) is 11.1 Å². The highest BCUT2D eigenvalue weighted by molar-refractivity contribution is 6.02. The number of alkyl halides is 3. The van der Waals surface area contributed by atoms with Crippen LogP contribution < -0.4 is 5.73 Å². The summed E-state index contributed by atoms with van der Waals surface area (Å²) in [7, 11) is 0. The average molecular weight is 322 g/mol. The lowest BCUT2D eigenvalue weighted by molar-refractivity contribution is -0.137. The van der Waals surface area contributed by atoms with Crippen molar-refractivity contribution in [3.63, 3.8) is 0 Å². The van der Waals surface area contributed by atoms with Crippen LogP contribution in [0.4, 0.5) is 13.2 Å². The highest BCUT2D eigenvalue weighted by Gasteiger charge is 2.30. The molecule has 0 radical (unpaired) electrons. The highest BCUT2D eigenvalue weighted by Crippen LogP contribution is 2.35. The van der Waals surface area contributed by atoms with Gasteiger partial charge in [0.1, 0.15) is 0 Å². The number of benzene rings is 1. The molecule has 0 saturated heterocycles. The zero-order chi connectivity index (χ0) is 17.4. The van der Waals surface area contributed by atoms with Crippen molar-refractivity contribution in [2.24, 2.45) is 5.73 Å². The first-order chi connectivity index (χ1) is 10.7. The van der Waals surface area contributed by atoms with E-state index in [1.165, 1.54) is 12.1 Å². The highest BCUT2D eigenvalue weighted by atomic mass is 19.4. The van der Waals surface area contributed by atoms with Gasteiger partial charge in [0.15, 0.2) is 0 Å². The normalized spacial score (nSPS) is 11.5. The summed E-state index contributed by atoms with van der Waals surface area (Å²) in [6, 6.07) is 4.71. The number of allylic oxidation sites excluding steroid dienone is 1. The molecule has 0 aliphatic rings. The van der Waals surface area contributed by atoms with Crippen molar-refractivity contribution >= 4 is 5.91 Å². The average Bonchev–Trinajstić information content (AvgIpc) is 2.71. The Hall–Kier alpha value is -2.50. The van der Waals surface area contributed by atoms with Crippen molar-refractivity contribution < 1.29 is 18.0 Å². The number of primary amides is 1. The van der Waals surface area contributed by atoms with Gasteiger partial charge < -0.3 is 10.3 Å². The van der Waals surface area contributed by atoms with E-state index in [-0.39, 0.29) is 0 Å². The van der Waals surface area contributed by atoms with Gasteiger partial charge in [-0.15, -0.1) is 6.58 Å². The van der Waals surface area contributed by atoms with Crippen LogP contribution in [0.2, 0.25) is 0 Å². The molecule has 0 saturated carbocycles. The van der Waals surface area contributed by atoms with E-state index in [0.29, 0.717) is 28.9 Å². The van der Waals surface area contributed by atoms with E-state index in [0.717, 1.165) is 17.8 Å². The van der Waals surface area contributed by atoms with Gasteiger partial charge in [0.2, 0.25) is 0 Å². The maximum absolute atomic E-state index is 12.7. The Bertz CT molecular complexity index is 756. The minimum atomic E-state index is -4.40. The summed E-state index contributed by atoms with van der Waals surface area (Å²) in [6.07, 6.45) is -2.72. The number of hydrogen-bond acceptors (Lipinski definition) is 1. The molecule has 0 aliphatic carbocycles. The maximum Gasteiger partial charge on any atom is 0.416 e. The van der Waals surface area contributed by atoms with Gasteiger partial charge in [-0.25, -0.2) is 0 Å². The second-order valence-electron chi connectivity index (χ2n) is 5.26. The molecule has 0 aliphatic heterocycles. The fraction of sp³-hybridized carbons (Fsp3) is 0.235. The second-order valence-corrected chi connectivity index (χ2v) is 5.26. The standard InChI is InChI=1S/C17H17F3N2O/c1-4-9-22-10(2)14(15(11(22)3)16(21)23)12-5-7-13(8-6-12)17(18,19)20/h4-8H,1,9H2,2-3H3,(H2,21,23). The van der Waals surface area contributed by atoms with E-state index in [2.05, 4.69) is 6.58 Å². The number of nitrogens with zero attached hydrogens (tertiary/aromatic N) is 1. The topological polar surface area (TPSA) is 48.0 Å². The van der Waals surface area contributed by atoms with Gasteiger partial charge in [0, 0.05) is 23.5 Å². The van der Waals surface area contributed by atoms with Crippen molar-refractivity contribution in [1.82, 2.24) is 4.57 Å². The summed E-state index contributed by atoms with van der Waals surface area (Å²) in [5.41, 5.74) is 7.58. The van der Waals surface area contributed by atoms with Crippen molar-refractivity contribution in [1.29, 1.82) is 0 Å². The number of aromatic nitrogens is 1. The van der Waals surface area contributed by atoms with Crippen LogP contribution in [-0.2, 0) is 12.7 Å². The lowest BCUT2D eigenvalue weighted by atomic mass is 9.99. The molecule has 0 bridgehead atoms. The predicted molar refractivity (Wildman–Crippen MR) is 83.1 cm³/mol. The van der Waals surface area contributed by atoms with Crippen LogP contribution in [0, 0.1) is 13.8 Å². The number of halogens is 3. The molecule has 122 valence electrons. The first-order valence-electron chi connectivity index (χ1n) is 6.96. The molecule has 2 N–H and O–H groups in total. The number of carbonyl (C=O) groups excluding carboxylic acids is 1. The summed E-state index contributed by atoms with van der Waals surface area (Å²) in [6.45, 7) is 7.71. The summed E-state index contributed by atoms with van der Waals surface area (Å²) in [4.78, 5) is 11.8. The summed E-state index contributed by atoms with van der Waals surface area (Å²) >= 11 is 0. The number of hydrogen-bond donors (Lipinski definition) is 1. The fourth-order valence-electron chi connectivity index (χ4n) is 2.77. The van der Waals surface area contributed by atoms with E-state index in [1.807, 2.05) is 4.57 Å². The molecular weight excluding hydrogens is 305 g/mol. The molecule has 0 atom stereocenters. The first kappa shape index (κ1) is 16.9. The summed E-state index contributed by atoms with van der Waals surface area (Å²) in [5, 5.41) is 0.